The van der Waals surface area contributed by atoms with E-state index >= 15 is 0 Å². The lowest BCUT2D eigenvalue weighted by atomic mass is 10.3. The summed E-state index contributed by atoms with van der Waals surface area (Å²) in [5, 5.41) is 35.7. The maximum absolute atomic E-state index is 11.0. The molecule has 0 atom stereocenters. The largest absolute Gasteiger partial charge is 0.506 e. The Morgan fingerprint density at radius 2 is 1.43 bits per heavy atom. The van der Waals surface area contributed by atoms with Crippen molar-refractivity contribution in [2.45, 2.75) is 4.90 Å². The van der Waals surface area contributed by atoms with Crippen LogP contribution in [0.1, 0.15) is 0 Å². The van der Waals surface area contributed by atoms with E-state index in [4.69, 9.17) is 4.55 Å². The van der Waals surface area contributed by atoms with Gasteiger partial charge in [-0.05, 0) is 18.2 Å². The van der Waals surface area contributed by atoms with Crippen LogP contribution in [0.4, 0.5) is 11.4 Å². The highest BCUT2D eigenvalue weighted by Gasteiger charge is 2.18. The highest BCUT2D eigenvalue weighted by molar-refractivity contribution is 7.86. The van der Waals surface area contributed by atoms with Gasteiger partial charge in [-0.3, -0.25) is 4.55 Å². The highest BCUT2D eigenvalue weighted by Crippen LogP contribution is 2.37. The summed E-state index contributed by atoms with van der Waals surface area (Å²) in [6, 6.07) is 7.44. The molecule has 0 radical (unpaired) electrons. The van der Waals surface area contributed by atoms with Gasteiger partial charge in [0.1, 0.15) is 33.5 Å². The van der Waals surface area contributed by atoms with Crippen molar-refractivity contribution in [2.75, 3.05) is 0 Å². The molecule has 0 saturated carbocycles. The van der Waals surface area contributed by atoms with Gasteiger partial charge in [-0.25, -0.2) is 0 Å². The molecule has 0 aliphatic rings. The Kier molecular flexibility index (Phi) is 3.78. The van der Waals surface area contributed by atoms with E-state index in [-0.39, 0.29) is 17.1 Å². The van der Waals surface area contributed by atoms with Gasteiger partial charge >= 0.3 is 0 Å². The van der Waals surface area contributed by atoms with Gasteiger partial charge in [0.05, 0.1) is 0 Å². The summed E-state index contributed by atoms with van der Waals surface area (Å²) >= 11 is 0. The van der Waals surface area contributed by atoms with Crippen molar-refractivity contribution in [2.24, 2.45) is 10.2 Å². The Hall–Kier alpha value is -2.65. The highest BCUT2D eigenvalue weighted by atomic mass is 32.2. The van der Waals surface area contributed by atoms with Crippen molar-refractivity contribution in [3.63, 3.8) is 0 Å². The second kappa shape index (κ2) is 5.38. The first-order valence-electron chi connectivity index (χ1n) is 5.52. The smallest absolute Gasteiger partial charge is 0.298 e. The minimum atomic E-state index is -4.68. The minimum absolute atomic E-state index is 0.0957. The van der Waals surface area contributed by atoms with Crippen LogP contribution in [0.5, 0.6) is 17.2 Å². The summed E-state index contributed by atoms with van der Waals surface area (Å²) in [5.41, 5.74) is -0.206. The first-order valence-corrected chi connectivity index (χ1v) is 6.96. The molecule has 4 N–H and O–H groups in total. The number of benzene rings is 2. The van der Waals surface area contributed by atoms with E-state index in [0.29, 0.717) is 6.07 Å². The van der Waals surface area contributed by atoms with Crippen molar-refractivity contribution < 1.29 is 28.3 Å². The zero-order chi connectivity index (χ0) is 15.6. The molecule has 0 spiro atoms. The van der Waals surface area contributed by atoms with Gasteiger partial charge in [-0.15, -0.1) is 10.2 Å². The van der Waals surface area contributed by atoms with Crippen molar-refractivity contribution in [1.29, 1.82) is 0 Å². The minimum Gasteiger partial charge on any atom is -0.506 e. The van der Waals surface area contributed by atoms with E-state index in [0.717, 1.165) is 6.07 Å². The van der Waals surface area contributed by atoms with Crippen LogP contribution in [0.15, 0.2) is 51.5 Å². The number of rotatable bonds is 3. The van der Waals surface area contributed by atoms with Gasteiger partial charge in [-0.2, -0.15) is 8.42 Å². The molecule has 0 fully saturated rings. The zero-order valence-corrected chi connectivity index (χ0v) is 11.2. The van der Waals surface area contributed by atoms with Gasteiger partial charge in [0.25, 0.3) is 10.1 Å². The average molecular weight is 310 g/mol. The van der Waals surface area contributed by atoms with Crippen LogP contribution in [-0.4, -0.2) is 28.3 Å². The summed E-state index contributed by atoms with van der Waals surface area (Å²) in [5.74, 6) is -1.52. The number of azo groups is 1. The van der Waals surface area contributed by atoms with Gasteiger partial charge in [0.2, 0.25) is 0 Å². The number of hydrogen-bond donors (Lipinski definition) is 4. The third kappa shape index (κ3) is 3.27. The summed E-state index contributed by atoms with van der Waals surface area (Å²) in [6.45, 7) is 0. The number of aromatic hydroxyl groups is 3. The third-order valence-electron chi connectivity index (χ3n) is 2.48. The van der Waals surface area contributed by atoms with Gasteiger partial charge < -0.3 is 15.3 Å². The normalized spacial score (nSPS) is 11.9. The van der Waals surface area contributed by atoms with E-state index in [1.54, 1.807) is 12.1 Å². The van der Waals surface area contributed by atoms with E-state index in [1.165, 1.54) is 12.1 Å². The Morgan fingerprint density at radius 1 is 0.810 bits per heavy atom. The lowest BCUT2D eigenvalue weighted by Crippen LogP contribution is -1.98. The fraction of sp³-hybridized carbons (Fsp3) is 0. The fourth-order valence-electron chi connectivity index (χ4n) is 1.49. The lowest BCUT2D eigenvalue weighted by Gasteiger charge is -2.04. The van der Waals surface area contributed by atoms with Crippen molar-refractivity contribution >= 4 is 21.5 Å². The molecule has 0 heterocycles. The molecule has 0 aliphatic heterocycles. The van der Waals surface area contributed by atoms with Crippen molar-refractivity contribution in [3.05, 3.63) is 36.4 Å². The van der Waals surface area contributed by atoms with Crippen LogP contribution in [0, 0.1) is 0 Å². The molecule has 0 amide bonds. The molecule has 0 bridgehead atoms. The summed E-state index contributed by atoms with van der Waals surface area (Å²) in [6.07, 6.45) is 0. The number of para-hydroxylation sites is 1. The van der Waals surface area contributed by atoms with Gasteiger partial charge in [0.15, 0.2) is 0 Å². The standard InChI is InChI=1S/C12H10N2O6S/c15-9-4-2-1-3-7(9)13-14-8-5-12(21(18,19)20)11(17)6-10(8)16/h1-6,15-17H,(H,18,19,20). The first kappa shape index (κ1) is 14.8. The van der Waals surface area contributed by atoms with E-state index in [2.05, 4.69) is 10.2 Å². The Balaban J connectivity index is 2.48. The molecular weight excluding hydrogens is 300 g/mol. The molecule has 2 rings (SSSR count). The number of phenols is 3. The quantitative estimate of drug-likeness (QED) is 0.507. The van der Waals surface area contributed by atoms with Crippen LogP contribution < -0.4 is 0 Å². The molecule has 2 aromatic rings. The van der Waals surface area contributed by atoms with Gasteiger partial charge in [0, 0.05) is 6.07 Å². The average Bonchev–Trinajstić information content (AvgIpc) is 2.38. The fourth-order valence-corrected chi connectivity index (χ4v) is 2.07. The predicted octanol–water partition coefficient (Wildman–Crippen LogP) is 2.47. The van der Waals surface area contributed by atoms with Crippen LogP contribution in [0.2, 0.25) is 0 Å². The van der Waals surface area contributed by atoms with Crippen LogP contribution >= 0.6 is 0 Å². The SMILES string of the molecule is O=S(=O)(O)c1cc(N=Nc2ccccc2O)c(O)cc1O. The molecule has 9 heteroatoms. The Labute approximate surface area is 119 Å². The molecule has 0 unspecified atom stereocenters. The second-order valence-corrected chi connectivity index (χ2v) is 5.36. The maximum Gasteiger partial charge on any atom is 0.298 e. The van der Waals surface area contributed by atoms with Gasteiger partial charge in [-0.1, -0.05) is 12.1 Å². The first-order chi connectivity index (χ1) is 9.79. The van der Waals surface area contributed by atoms with E-state index < -0.39 is 26.5 Å². The lowest BCUT2D eigenvalue weighted by molar-refractivity contribution is 0.431. The molecule has 0 aromatic heterocycles. The number of phenolic OH excluding ortho intramolecular Hbond substituents is 3. The maximum atomic E-state index is 11.0. The molecule has 21 heavy (non-hydrogen) atoms. The zero-order valence-electron chi connectivity index (χ0n) is 10.4. The monoisotopic (exact) mass is 310 g/mol. The van der Waals surface area contributed by atoms with Crippen LogP contribution in [0.3, 0.4) is 0 Å². The summed E-state index contributed by atoms with van der Waals surface area (Å²) < 4.78 is 31.0. The molecule has 0 saturated heterocycles. The van der Waals surface area contributed by atoms with Crippen LogP contribution in [0.25, 0.3) is 0 Å². The second-order valence-electron chi connectivity index (χ2n) is 3.97. The number of nitrogens with zero attached hydrogens (tertiary/aromatic N) is 2. The topological polar surface area (TPSA) is 140 Å². The molecule has 0 aliphatic carbocycles. The van der Waals surface area contributed by atoms with Crippen molar-refractivity contribution in [3.8, 4) is 17.2 Å². The van der Waals surface area contributed by atoms with E-state index in [9.17, 15) is 23.7 Å². The summed E-state index contributed by atoms with van der Waals surface area (Å²) in [7, 11) is -4.68. The van der Waals surface area contributed by atoms with E-state index in [1.807, 2.05) is 0 Å². The summed E-state index contributed by atoms with van der Waals surface area (Å²) in [4.78, 5) is -0.813. The Bertz CT molecular complexity index is 816. The third-order valence-corrected chi connectivity index (χ3v) is 3.36. The molecular formula is C12H10N2O6S. The number of hydrogen-bond acceptors (Lipinski definition) is 7. The Morgan fingerprint density at radius 3 is 2.05 bits per heavy atom. The molecule has 110 valence electrons. The van der Waals surface area contributed by atoms with Crippen molar-refractivity contribution in [1.82, 2.24) is 0 Å². The van der Waals surface area contributed by atoms with Crippen LogP contribution in [-0.2, 0) is 10.1 Å². The molecule has 8 nitrogen and oxygen atoms in total. The predicted molar refractivity (Wildman–Crippen MR) is 71.9 cm³/mol. The molecule has 2 aromatic carbocycles.